The number of H-pyrrole nitrogens is 1. The molecule has 0 radical (unpaired) electrons. The molecule has 82 heavy (non-hydrogen) atoms. The van der Waals surface area contributed by atoms with E-state index >= 15 is 0 Å². The first-order valence-electron chi connectivity index (χ1n) is 28.0. The van der Waals surface area contributed by atoms with E-state index in [0.29, 0.717) is 31.2 Å². The average molecular weight is 1140 g/mol. The highest BCUT2D eigenvalue weighted by Crippen LogP contribution is 2.20. The first-order valence-corrected chi connectivity index (χ1v) is 28.0. The number of fused-ring (bicyclic) bond motifs is 1. The molecule has 0 fully saturated rings. The second-order valence-corrected chi connectivity index (χ2v) is 22.3. The average Bonchev–Trinajstić information content (AvgIpc) is 3.89. The van der Waals surface area contributed by atoms with Crippen molar-refractivity contribution in [2.24, 2.45) is 11.7 Å². The molecule has 4 rings (SSSR count). The van der Waals surface area contributed by atoms with Gasteiger partial charge in [0.2, 0.25) is 29.5 Å². The zero-order valence-corrected chi connectivity index (χ0v) is 48.5. The van der Waals surface area contributed by atoms with Crippen LogP contribution in [-0.4, -0.2) is 124 Å². The van der Waals surface area contributed by atoms with Crippen LogP contribution in [0.25, 0.3) is 10.9 Å². The Hall–Kier alpha value is -8.01. The predicted molar refractivity (Wildman–Crippen MR) is 309 cm³/mol. The van der Waals surface area contributed by atoms with Crippen molar-refractivity contribution in [3.8, 4) is 0 Å². The van der Waals surface area contributed by atoms with Crippen molar-refractivity contribution in [1.29, 1.82) is 0 Å². The number of benzene rings is 3. The molecule has 1 heterocycles. The number of ether oxygens (including phenoxy) is 3. The summed E-state index contributed by atoms with van der Waals surface area (Å²) in [6.45, 7) is 14.1. The fraction of sp³-hybridized carbons (Fsp3) is 0.517. The second-order valence-electron chi connectivity index (χ2n) is 22.3. The lowest BCUT2D eigenvalue weighted by atomic mass is 9.96. The van der Waals surface area contributed by atoms with Gasteiger partial charge in [-0.3, -0.25) is 28.8 Å². The van der Waals surface area contributed by atoms with Gasteiger partial charge in [-0.15, -0.1) is 0 Å². The van der Waals surface area contributed by atoms with Gasteiger partial charge in [0.25, 0.3) is 0 Å². The van der Waals surface area contributed by atoms with Crippen LogP contribution < -0.4 is 43.0 Å². The molecule has 22 nitrogen and oxygen atoms in total. The van der Waals surface area contributed by atoms with Crippen LogP contribution in [-0.2, 0) is 67.2 Å². The number of carbonyl (C=O) groups excluding carboxylic acids is 8. The van der Waals surface area contributed by atoms with Crippen molar-refractivity contribution in [2.75, 3.05) is 13.1 Å². The van der Waals surface area contributed by atoms with Gasteiger partial charge >= 0.3 is 24.1 Å². The van der Waals surface area contributed by atoms with Crippen LogP contribution in [0.2, 0.25) is 0 Å². The zero-order chi connectivity index (χ0) is 60.4. The van der Waals surface area contributed by atoms with Gasteiger partial charge in [0.05, 0.1) is 6.04 Å². The fourth-order valence-electron chi connectivity index (χ4n) is 8.60. The van der Waals surface area contributed by atoms with Gasteiger partial charge < -0.3 is 67.3 Å². The molecule has 22 heteroatoms. The van der Waals surface area contributed by atoms with E-state index in [1.165, 1.54) is 0 Å². The smallest absolute Gasteiger partial charge is 0.407 e. The quantitative estimate of drug-likeness (QED) is 0.0158. The van der Waals surface area contributed by atoms with Crippen LogP contribution in [0.5, 0.6) is 0 Å². The van der Waals surface area contributed by atoms with Crippen LogP contribution >= 0.6 is 0 Å². The van der Waals surface area contributed by atoms with Crippen LogP contribution in [0.15, 0.2) is 91.1 Å². The Labute approximate surface area is 480 Å². The predicted octanol–water partition coefficient (Wildman–Crippen LogP) is 5.75. The summed E-state index contributed by atoms with van der Waals surface area (Å²) >= 11 is 0. The number of hydrogen-bond acceptors (Lipinski definition) is 13. The number of carboxylic acid groups (broad SMARTS) is 1. The van der Waals surface area contributed by atoms with Crippen LogP contribution in [0.3, 0.4) is 0 Å². The summed E-state index contributed by atoms with van der Waals surface area (Å²) < 4.78 is 16.0. The molecule has 448 valence electrons. The number of aromatic amines is 1. The Bertz CT molecular complexity index is 2720. The highest BCUT2D eigenvalue weighted by Gasteiger charge is 2.35. The van der Waals surface area contributed by atoms with Gasteiger partial charge in [-0.1, -0.05) is 99.1 Å². The van der Waals surface area contributed by atoms with Crippen molar-refractivity contribution in [1.82, 2.24) is 42.2 Å². The summed E-state index contributed by atoms with van der Waals surface area (Å²) in [6, 6.07) is 17.5. The Balaban J connectivity index is 1.58. The van der Waals surface area contributed by atoms with E-state index < -0.39 is 107 Å². The number of unbranched alkanes of at least 4 members (excludes halogenated alkanes) is 2. The van der Waals surface area contributed by atoms with E-state index in [0.717, 1.165) is 22.0 Å². The number of carbonyl (C=O) groups is 9. The number of rotatable bonds is 32. The molecule has 7 amide bonds. The Morgan fingerprint density at radius 1 is 0.573 bits per heavy atom. The summed E-state index contributed by atoms with van der Waals surface area (Å²) in [7, 11) is 0. The number of esters is 1. The number of aliphatic carboxylic acids is 1. The van der Waals surface area contributed by atoms with E-state index in [1.54, 1.807) is 91.9 Å². The van der Waals surface area contributed by atoms with Gasteiger partial charge in [-0.2, -0.15) is 0 Å². The maximum absolute atomic E-state index is 14.7. The molecule has 0 saturated carbocycles. The van der Waals surface area contributed by atoms with Crippen LogP contribution in [0.1, 0.15) is 130 Å². The lowest BCUT2D eigenvalue weighted by Crippen LogP contribution is -2.60. The minimum atomic E-state index is -1.53. The number of hydrogen-bond donors (Lipinski definition) is 10. The maximum atomic E-state index is 14.7. The van der Waals surface area contributed by atoms with Gasteiger partial charge in [0, 0.05) is 43.0 Å². The summed E-state index contributed by atoms with van der Waals surface area (Å²) in [4.78, 5) is 125. The Morgan fingerprint density at radius 2 is 1.09 bits per heavy atom. The molecular formula is C60H85N9O13. The monoisotopic (exact) mass is 1140 g/mol. The fourth-order valence-corrected chi connectivity index (χ4v) is 8.60. The SMILES string of the molecule is CC[C@@H](C)[C@@H](NC(=O)[C@H](CCCCNC(=O)OC(C)(C)C)NC(=O)[C@@H](CCCCNC(=O)OCc1ccccc1)NC(=O)[C@@H](N)Cc1c[nH]c2ccccc12)C(=O)N[C@@H](Cc1ccccc1)C(=O)N[C@H](CCC(=O)OC(C)(C)C)C(=O)O. The molecule has 0 saturated heterocycles. The molecule has 0 aliphatic rings. The highest BCUT2D eigenvalue weighted by atomic mass is 16.6. The van der Waals surface area contributed by atoms with Crippen molar-refractivity contribution < 1.29 is 62.5 Å². The van der Waals surface area contributed by atoms with Gasteiger partial charge in [0.1, 0.15) is 48.0 Å². The molecular weight excluding hydrogens is 1050 g/mol. The van der Waals surface area contributed by atoms with E-state index in [9.17, 15) is 48.3 Å². The second kappa shape index (κ2) is 33.0. The molecule has 4 aromatic rings. The van der Waals surface area contributed by atoms with Crippen molar-refractivity contribution in [3.05, 3.63) is 108 Å². The number of amides is 7. The standard InChI is InChI=1S/C60H85N9O13/c1-9-38(2)50(55(75)68-48(34-39-22-12-10-13-23-39)54(74)67-47(56(76)77)30-31-49(70)81-59(3,4)5)69-53(73)46(29-19-21-33-63-58(79)82-60(6,7)8)66-52(72)45(28-18-20-32-62-57(78)80-37-40-24-14-11-15-25-40)65-51(71)43(61)35-41-36-64-44-27-17-16-26-42(41)44/h10-17,22-27,36,38,43,45-48,50,64H,9,18-21,28-35,37,61H2,1-8H3,(H,62,78)(H,63,79)(H,65,71)(H,66,72)(H,67,74)(H,68,75)(H,69,73)(H,76,77)/t38-,43+,45-,46+,47-,48+,50-/m1/s1. The molecule has 0 unspecified atom stereocenters. The molecule has 0 aliphatic heterocycles. The third-order valence-electron chi connectivity index (χ3n) is 13.1. The minimum Gasteiger partial charge on any atom is -0.480 e. The van der Waals surface area contributed by atoms with E-state index in [2.05, 4.69) is 42.2 Å². The topological polar surface area (TPSA) is 328 Å². The maximum Gasteiger partial charge on any atom is 0.407 e. The number of para-hydroxylation sites is 1. The number of nitrogens with one attached hydrogen (secondary N) is 8. The molecule has 1 aromatic heterocycles. The van der Waals surface area contributed by atoms with E-state index in [4.69, 9.17) is 19.9 Å². The number of carboxylic acids is 1. The third-order valence-corrected chi connectivity index (χ3v) is 13.1. The molecule has 11 N–H and O–H groups in total. The zero-order valence-electron chi connectivity index (χ0n) is 48.5. The van der Waals surface area contributed by atoms with Crippen molar-refractivity contribution >= 4 is 64.6 Å². The molecule has 0 aliphatic carbocycles. The van der Waals surface area contributed by atoms with Gasteiger partial charge in [-0.05, 0) is 122 Å². The first kappa shape index (κ1) is 66.5. The summed E-state index contributed by atoms with van der Waals surface area (Å²) in [5.74, 6) is -6.42. The molecule has 3 aromatic carbocycles. The normalized spacial score (nSPS) is 14.0. The minimum absolute atomic E-state index is 0.00289. The summed E-state index contributed by atoms with van der Waals surface area (Å²) in [5.41, 5.74) is 8.00. The summed E-state index contributed by atoms with van der Waals surface area (Å²) in [6.07, 6.45) is 1.61. The van der Waals surface area contributed by atoms with Crippen LogP contribution in [0, 0.1) is 5.92 Å². The van der Waals surface area contributed by atoms with Crippen molar-refractivity contribution in [2.45, 2.75) is 180 Å². The lowest BCUT2D eigenvalue weighted by molar-refractivity contribution is -0.155. The number of aromatic nitrogens is 1. The van der Waals surface area contributed by atoms with Gasteiger partial charge in [0.15, 0.2) is 0 Å². The lowest BCUT2D eigenvalue weighted by Gasteiger charge is -2.29. The largest absolute Gasteiger partial charge is 0.480 e. The van der Waals surface area contributed by atoms with E-state index in [1.807, 2.05) is 54.6 Å². The first-order chi connectivity index (χ1) is 38.8. The molecule has 7 atom stereocenters. The summed E-state index contributed by atoms with van der Waals surface area (Å²) in [5, 5.41) is 30.0. The molecule has 0 spiro atoms. The number of alkyl carbamates (subject to hydrolysis) is 2. The Morgan fingerprint density at radius 3 is 1.67 bits per heavy atom. The third kappa shape index (κ3) is 24.4. The highest BCUT2D eigenvalue weighted by molar-refractivity contribution is 5.97. The van der Waals surface area contributed by atoms with Crippen LogP contribution in [0.4, 0.5) is 9.59 Å². The van der Waals surface area contributed by atoms with Crippen molar-refractivity contribution in [3.63, 3.8) is 0 Å². The van der Waals surface area contributed by atoms with Gasteiger partial charge in [-0.25, -0.2) is 14.4 Å². The number of nitrogens with two attached hydrogens (primary N) is 1. The Kier molecular flexibility index (Phi) is 26.8. The molecule has 0 bridgehead atoms. The van der Waals surface area contributed by atoms with E-state index in [-0.39, 0.29) is 64.6 Å².